The van der Waals surface area contributed by atoms with Crippen LogP contribution in [0.15, 0.2) is 27.4 Å². The minimum Gasteiger partial charge on any atom is -0.508 e. The summed E-state index contributed by atoms with van der Waals surface area (Å²) in [5.74, 6) is 0.0381. The van der Waals surface area contributed by atoms with Gasteiger partial charge in [0.25, 0.3) is 0 Å². The maximum Gasteiger partial charge on any atom is 0.339 e. The van der Waals surface area contributed by atoms with Crippen LogP contribution in [0, 0.1) is 6.92 Å². The van der Waals surface area contributed by atoms with E-state index in [9.17, 15) is 24.6 Å². The third kappa shape index (κ3) is 5.50. The van der Waals surface area contributed by atoms with Crippen LogP contribution >= 0.6 is 11.8 Å². The van der Waals surface area contributed by atoms with E-state index in [2.05, 4.69) is 5.32 Å². The lowest BCUT2D eigenvalue weighted by molar-refractivity contribution is -0.141. The number of aromatic hydroxyl groups is 1. The number of aliphatic carboxylic acids is 1. The molecule has 0 aliphatic heterocycles. The van der Waals surface area contributed by atoms with Gasteiger partial charge in [0.2, 0.25) is 5.91 Å². The molecule has 0 aliphatic rings. The highest BCUT2D eigenvalue weighted by Gasteiger charge is 2.20. The summed E-state index contributed by atoms with van der Waals surface area (Å²) in [4.78, 5) is 35.6. The van der Waals surface area contributed by atoms with Gasteiger partial charge in [0.05, 0.1) is 0 Å². The molecule has 27 heavy (non-hydrogen) atoms. The molecule has 1 aromatic heterocycles. The van der Waals surface area contributed by atoms with Gasteiger partial charge < -0.3 is 19.9 Å². The van der Waals surface area contributed by atoms with Gasteiger partial charge >= 0.3 is 11.6 Å². The molecule has 1 amide bonds. The van der Waals surface area contributed by atoms with Crippen LogP contribution in [0.3, 0.4) is 0 Å². The van der Waals surface area contributed by atoms with E-state index in [1.807, 2.05) is 6.92 Å². The summed E-state index contributed by atoms with van der Waals surface area (Å²) in [5, 5.41) is 21.9. The van der Waals surface area contributed by atoms with E-state index in [0.29, 0.717) is 28.7 Å². The van der Waals surface area contributed by atoms with Crippen LogP contribution in [0.1, 0.15) is 30.9 Å². The standard InChI is InChI=1S/C19H23NO6S/c1-3-27-9-8-15(18(23)24)20-17(22)7-6-14-11(2)13-5-4-12(21)10-16(13)26-19(14)25/h4-5,10,15,21H,3,6-9H2,1-2H3,(H,20,22)(H,23,24). The summed E-state index contributed by atoms with van der Waals surface area (Å²) in [7, 11) is 0. The predicted molar refractivity (Wildman–Crippen MR) is 104 cm³/mol. The number of amides is 1. The van der Waals surface area contributed by atoms with Crippen molar-refractivity contribution < 1.29 is 24.2 Å². The number of carboxylic acids is 1. The fraction of sp³-hybridized carbons (Fsp3) is 0.421. The zero-order valence-corrected chi connectivity index (χ0v) is 16.1. The topological polar surface area (TPSA) is 117 Å². The van der Waals surface area contributed by atoms with Crippen molar-refractivity contribution in [1.82, 2.24) is 5.32 Å². The van der Waals surface area contributed by atoms with Gasteiger partial charge in [0, 0.05) is 23.4 Å². The first-order valence-electron chi connectivity index (χ1n) is 8.68. The Morgan fingerprint density at radius 2 is 2.07 bits per heavy atom. The zero-order chi connectivity index (χ0) is 20.0. The second-order valence-corrected chi connectivity index (χ2v) is 7.51. The molecule has 0 saturated carbocycles. The van der Waals surface area contributed by atoms with Crippen LogP contribution in [0.5, 0.6) is 5.75 Å². The molecule has 8 heteroatoms. The molecule has 0 bridgehead atoms. The SMILES string of the molecule is CCSCCC(NC(=O)CCc1c(C)c2ccc(O)cc2oc1=O)C(=O)O. The number of fused-ring (bicyclic) bond motifs is 1. The smallest absolute Gasteiger partial charge is 0.339 e. The van der Waals surface area contributed by atoms with Gasteiger partial charge in [-0.1, -0.05) is 6.92 Å². The first-order valence-corrected chi connectivity index (χ1v) is 9.84. The summed E-state index contributed by atoms with van der Waals surface area (Å²) < 4.78 is 5.23. The Morgan fingerprint density at radius 1 is 1.33 bits per heavy atom. The molecule has 0 aliphatic carbocycles. The van der Waals surface area contributed by atoms with Crippen LogP contribution in [0.2, 0.25) is 0 Å². The van der Waals surface area contributed by atoms with E-state index in [-0.39, 0.29) is 24.2 Å². The molecule has 1 aromatic carbocycles. The molecule has 2 aromatic rings. The van der Waals surface area contributed by atoms with Gasteiger partial charge in [-0.25, -0.2) is 9.59 Å². The molecular weight excluding hydrogens is 370 g/mol. The lowest BCUT2D eigenvalue weighted by atomic mass is 10.0. The minimum atomic E-state index is -1.07. The molecule has 0 fully saturated rings. The van der Waals surface area contributed by atoms with Gasteiger partial charge in [0.1, 0.15) is 17.4 Å². The second-order valence-electron chi connectivity index (χ2n) is 6.12. The number of rotatable bonds is 9. The average Bonchev–Trinajstić information content (AvgIpc) is 2.60. The normalized spacial score (nSPS) is 12.1. The average molecular weight is 393 g/mol. The van der Waals surface area contributed by atoms with Gasteiger partial charge in [-0.15, -0.1) is 0 Å². The van der Waals surface area contributed by atoms with Crippen LogP contribution in [0.25, 0.3) is 11.0 Å². The van der Waals surface area contributed by atoms with Crippen molar-refractivity contribution in [2.75, 3.05) is 11.5 Å². The largest absolute Gasteiger partial charge is 0.508 e. The molecule has 1 heterocycles. The number of nitrogens with one attached hydrogen (secondary N) is 1. The van der Waals surface area contributed by atoms with E-state index < -0.39 is 23.5 Å². The van der Waals surface area contributed by atoms with Crippen LogP contribution in [-0.2, 0) is 16.0 Å². The molecule has 1 atom stereocenters. The molecule has 0 saturated heterocycles. The first-order chi connectivity index (χ1) is 12.8. The molecule has 146 valence electrons. The number of hydrogen-bond acceptors (Lipinski definition) is 6. The Balaban J connectivity index is 2.07. The van der Waals surface area contributed by atoms with Crippen molar-refractivity contribution in [2.24, 2.45) is 0 Å². The van der Waals surface area contributed by atoms with E-state index in [4.69, 9.17) is 4.42 Å². The molecule has 3 N–H and O–H groups in total. The van der Waals surface area contributed by atoms with Gasteiger partial charge in [0.15, 0.2) is 0 Å². The minimum absolute atomic E-state index is 0.00173. The number of benzene rings is 1. The van der Waals surface area contributed by atoms with E-state index in [0.717, 1.165) is 5.75 Å². The number of phenolic OH excluding ortho intramolecular Hbond substituents is 1. The fourth-order valence-electron chi connectivity index (χ4n) is 2.78. The van der Waals surface area contributed by atoms with Crippen molar-refractivity contribution in [1.29, 1.82) is 0 Å². The van der Waals surface area contributed by atoms with E-state index >= 15 is 0 Å². The summed E-state index contributed by atoms with van der Waals surface area (Å²) in [5.41, 5.74) is 0.775. The molecule has 0 radical (unpaired) electrons. The van der Waals surface area contributed by atoms with Crippen molar-refractivity contribution in [3.8, 4) is 5.75 Å². The van der Waals surface area contributed by atoms with Crippen molar-refractivity contribution in [3.63, 3.8) is 0 Å². The Morgan fingerprint density at radius 3 is 2.74 bits per heavy atom. The highest BCUT2D eigenvalue weighted by molar-refractivity contribution is 7.99. The number of phenols is 1. The highest BCUT2D eigenvalue weighted by atomic mass is 32.2. The second kappa shape index (κ2) is 9.45. The summed E-state index contributed by atoms with van der Waals surface area (Å²) >= 11 is 1.61. The van der Waals surface area contributed by atoms with E-state index in [1.165, 1.54) is 12.1 Å². The first kappa shape index (κ1) is 20.8. The maximum absolute atomic E-state index is 12.2. The summed E-state index contributed by atoms with van der Waals surface area (Å²) in [6, 6.07) is 3.58. The maximum atomic E-state index is 12.2. The third-order valence-corrected chi connectivity index (χ3v) is 5.19. The number of hydrogen-bond donors (Lipinski definition) is 3. The number of carboxylic acid groups (broad SMARTS) is 1. The van der Waals surface area contributed by atoms with Crippen LogP contribution in [-0.4, -0.2) is 39.6 Å². The number of carbonyl (C=O) groups is 2. The number of carbonyl (C=O) groups excluding carboxylic acids is 1. The third-order valence-electron chi connectivity index (χ3n) is 4.26. The molecule has 7 nitrogen and oxygen atoms in total. The molecule has 2 rings (SSSR count). The van der Waals surface area contributed by atoms with Crippen LogP contribution in [0.4, 0.5) is 0 Å². The van der Waals surface area contributed by atoms with Gasteiger partial charge in [-0.2, -0.15) is 11.8 Å². The predicted octanol–water partition coefficient (Wildman–Crippen LogP) is 2.45. The Kier molecular flexibility index (Phi) is 7.29. The van der Waals surface area contributed by atoms with Gasteiger partial charge in [-0.05, 0) is 49.0 Å². The summed E-state index contributed by atoms with van der Waals surface area (Å²) in [6.07, 6.45) is 0.479. The fourth-order valence-corrected chi connectivity index (χ4v) is 3.47. The Labute approximate surface area is 160 Å². The highest BCUT2D eigenvalue weighted by Crippen LogP contribution is 2.23. The van der Waals surface area contributed by atoms with Crippen molar-refractivity contribution in [3.05, 3.63) is 39.7 Å². The monoisotopic (exact) mass is 393 g/mol. The number of thioether (sulfide) groups is 1. The quantitative estimate of drug-likeness (QED) is 0.442. The molecule has 1 unspecified atom stereocenters. The summed E-state index contributed by atoms with van der Waals surface area (Å²) in [6.45, 7) is 3.74. The van der Waals surface area contributed by atoms with E-state index in [1.54, 1.807) is 24.8 Å². The zero-order valence-electron chi connectivity index (χ0n) is 15.3. The van der Waals surface area contributed by atoms with Crippen molar-refractivity contribution in [2.45, 2.75) is 39.2 Å². The Hall–Kier alpha value is -2.48. The Bertz CT molecular complexity index is 892. The van der Waals surface area contributed by atoms with Gasteiger partial charge in [-0.3, -0.25) is 4.79 Å². The van der Waals surface area contributed by atoms with Crippen LogP contribution < -0.4 is 10.9 Å². The lowest BCUT2D eigenvalue weighted by Gasteiger charge is -2.14. The van der Waals surface area contributed by atoms with Crippen molar-refractivity contribution >= 4 is 34.6 Å². The molecule has 0 spiro atoms. The lowest BCUT2D eigenvalue weighted by Crippen LogP contribution is -2.41. The molecular formula is C19H23NO6S. The number of aryl methyl sites for hydroxylation is 1.